The van der Waals surface area contributed by atoms with Gasteiger partial charge in [0.25, 0.3) is 5.89 Å². The number of alkyl halides is 3. The molecule has 0 unspecified atom stereocenters. The van der Waals surface area contributed by atoms with Crippen LogP contribution in [0, 0.1) is 0 Å². The predicted octanol–water partition coefficient (Wildman–Crippen LogP) is 2.30. The molecule has 96 valence electrons. The van der Waals surface area contributed by atoms with Crippen molar-refractivity contribution in [3.63, 3.8) is 0 Å². The summed E-state index contributed by atoms with van der Waals surface area (Å²) in [5.74, 6) is -0.307. The Bertz CT molecular complexity index is 519. The molecular formula is C11H10F3N3O. The lowest BCUT2D eigenvalue weighted by molar-refractivity contribution is -0.128. The SMILES string of the molecule is NCc1ccc(-c2nc(CC(F)(F)F)no2)cc1. The van der Waals surface area contributed by atoms with Crippen LogP contribution in [0.1, 0.15) is 11.4 Å². The lowest BCUT2D eigenvalue weighted by atomic mass is 10.1. The van der Waals surface area contributed by atoms with Crippen LogP contribution in [0.25, 0.3) is 11.5 Å². The van der Waals surface area contributed by atoms with Gasteiger partial charge in [-0.1, -0.05) is 17.3 Å². The molecule has 0 aliphatic heterocycles. The first-order valence-corrected chi connectivity index (χ1v) is 5.16. The molecule has 0 aliphatic rings. The standard InChI is InChI=1S/C11H10F3N3O/c12-11(13,14)5-9-16-10(18-17-9)8-3-1-7(6-15)2-4-8/h1-4H,5-6,15H2. The summed E-state index contributed by atoms with van der Waals surface area (Å²) in [6, 6.07) is 6.85. The van der Waals surface area contributed by atoms with Crippen molar-refractivity contribution in [1.82, 2.24) is 10.1 Å². The van der Waals surface area contributed by atoms with Crippen LogP contribution in [0.5, 0.6) is 0 Å². The number of hydrogen-bond acceptors (Lipinski definition) is 4. The third-order valence-corrected chi connectivity index (χ3v) is 2.26. The minimum absolute atomic E-state index is 0.0674. The monoisotopic (exact) mass is 257 g/mol. The van der Waals surface area contributed by atoms with E-state index in [4.69, 9.17) is 10.3 Å². The van der Waals surface area contributed by atoms with Crippen molar-refractivity contribution < 1.29 is 17.7 Å². The third-order valence-electron chi connectivity index (χ3n) is 2.26. The number of nitrogens with zero attached hydrogens (tertiary/aromatic N) is 2. The molecule has 2 aromatic rings. The highest BCUT2D eigenvalue weighted by molar-refractivity contribution is 5.53. The molecule has 2 N–H and O–H groups in total. The van der Waals surface area contributed by atoms with Crippen molar-refractivity contribution in [2.24, 2.45) is 5.73 Å². The largest absolute Gasteiger partial charge is 0.396 e. The van der Waals surface area contributed by atoms with E-state index < -0.39 is 12.6 Å². The van der Waals surface area contributed by atoms with Gasteiger partial charge in [-0.15, -0.1) is 0 Å². The number of aromatic nitrogens is 2. The maximum absolute atomic E-state index is 12.1. The van der Waals surface area contributed by atoms with Crippen LogP contribution >= 0.6 is 0 Å². The smallest absolute Gasteiger partial charge is 0.334 e. The third kappa shape index (κ3) is 3.07. The van der Waals surface area contributed by atoms with E-state index in [1.54, 1.807) is 24.3 Å². The van der Waals surface area contributed by atoms with Crippen LogP contribution < -0.4 is 5.73 Å². The summed E-state index contributed by atoms with van der Waals surface area (Å²) >= 11 is 0. The number of nitrogens with two attached hydrogens (primary N) is 1. The normalized spacial score (nSPS) is 11.8. The molecule has 0 aliphatic carbocycles. The highest BCUT2D eigenvalue weighted by Crippen LogP contribution is 2.22. The molecule has 0 radical (unpaired) electrons. The summed E-state index contributed by atoms with van der Waals surface area (Å²) in [5, 5.41) is 3.29. The van der Waals surface area contributed by atoms with Gasteiger partial charge in [-0.25, -0.2) is 0 Å². The molecule has 2 rings (SSSR count). The van der Waals surface area contributed by atoms with Gasteiger partial charge in [0.1, 0.15) is 6.42 Å². The summed E-state index contributed by atoms with van der Waals surface area (Å²) in [5.41, 5.74) is 6.91. The van der Waals surface area contributed by atoms with E-state index in [9.17, 15) is 13.2 Å². The maximum Gasteiger partial charge on any atom is 0.396 e. The zero-order chi connectivity index (χ0) is 13.2. The van der Waals surface area contributed by atoms with E-state index in [0.717, 1.165) is 5.56 Å². The molecule has 4 nitrogen and oxygen atoms in total. The summed E-state index contributed by atoms with van der Waals surface area (Å²) in [4.78, 5) is 3.69. The molecule has 0 atom stereocenters. The first-order valence-electron chi connectivity index (χ1n) is 5.16. The van der Waals surface area contributed by atoms with Gasteiger partial charge in [-0.3, -0.25) is 0 Å². The number of halogens is 3. The predicted molar refractivity (Wildman–Crippen MR) is 57.4 cm³/mol. The molecule has 1 aromatic heterocycles. The van der Waals surface area contributed by atoms with Gasteiger partial charge in [0, 0.05) is 12.1 Å². The Morgan fingerprint density at radius 1 is 1.17 bits per heavy atom. The van der Waals surface area contributed by atoms with E-state index in [0.29, 0.717) is 12.1 Å². The van der Waals surface area contributed by atoms with Gasteiger partial charge < -0.3 is 10.3 Å². The topological polar surface area (TPSA) is 64.9 Å². The molecule has 0 saturated carbocycles. The molecule has 0 spiro atoms. The summed E-state index contributed by atoms with van der Waals surface area (Å²) in [6.07, 6.45) is -5.54. The van der Waals surface area contributed by atoms with Gasteiger partial charge in [0.2, 0.25) is 0 Å². The highest BCUT2D eigenvalue weighted by atomic mass is 19.4. The fourth-order valence-corrected chi connectivity index (χ4v) is 1.41. The van der Waals surface area contributed by atoms with E-state index in [1.165, 1.54) is 0 Å². The van der Waals surface area contributed by atoms with Gasteiger partial charge in [-0.05, 0) is 17.7 Å². The van der Waals surface area contributed by atoms with E-state index in [2.05, 4.69) is 10.1 Å². The van der Waals surface area contributed by atoms with Crippen molar-refractivity contribution in [2.75, 3.05) is 0 Å². The second-order valence-corrected chi connectivity index (χ2v) is 3.71. The average Bonchev–Trinajstić information content (AvgIpc) is 2.75. The highest BCUT2D eigenvalue weighted by Gasteiger charge is 2.30. The van der Waals surface area contributed by atoms with Crippen molar-refractivity contribution in [3.8, 4) is 11.5 Å². The Hall–Kier alpha value is -1.89. The molecule has 1 heterocycles. The van der Waals surface area contributed by atoms with Crippen molar-refractivity contribution in [2.45, 2.75) is 19.1 Å². The Balaban J connectivity index is 2.18. The Morgan fingerprint density at radius 2 is 1.83 bits per heavy atom. The first-order chi connectivity index (χ1) is 8.48. The minimum atomic E-state index is -4.34. The Morgan fingerprint density at radius 3 is 2.39 bits per heavy atom. The molecular weight excluding hydrogens is 247 g/mol. The molecule has 0 fully saturated rings. The van der Waals surface area contributed by atoms with Crippen LogP contribution in [0.4, 0.5) is 13.2 Å². The zero-order valence-corrected chi connectivity index (χ0v) is 9.24. The van der Waals surface area contributed by atoms with Crippen LogP contribution in [0.15, 0.2) is 28.8 Å². The first kappa shape index (κ1) is 12.6. The number of hydrogen-bond donors (Lipinski definition) is 1. The summed E-state index contributed by atoms with van der Waals surface area (Å²) in [7, 11) is 0. The summed E-state index contributed by atoms with van der Waals surface area (Å²) in [6.45, 7) is 0.392. The summed E-state index contributed by atoms with van der Waals surface area (Å²) < 4.78 is 41.1. The second kappa shape index (κ2) is 4.77. The fraction of sp³-hybridized carbons (Fsp3) is 0.273. The number of benzene rings is 1. The molecule has 7 heteroatoms. The Kier molecular flexibility index (Phi) is 3.33. The molecule has 1 aromatic carbocycles. The zero-order valence-electron chi connectivity index (χ0n) is 9.24. The van der Waals surface area contributed by atoms with Crippen LogP contribution in [-0.2, 0) is 13.0 Å². The quantitative estimate of drug-likeness (QED) is 0.916. The van der Waals surface area contributed by atoms with Crippen LogP contribution in [-0.4, -0.2) is 16.3 Å². The maximum atomic E-state index is 12.1. The van der Waals surface area contributed by atoms with Gasteiger partial charge in [-0.2, -0.15) is 18.2 Å². The lowest BCUT2D eigenvalue weighted by Crippen LogP contribution is -2.12. The van der Waals surface area contributed by atoms with Crippen LogP contribution in [0.2, 0.25) is 0 Å². The van der Waals surface area contributed by atoms with E-state index in [1.807, 2.05) is 0 Å². The molecule has 0 saturated heterocycles. The minimum Gasteiger partial charge on any atom is -0.334 e. The van der Waals surface area contributed by atoms with Crippen molar-refractivity contribution in [1.29, 1.82) is 0 Å². The number of rotatable bonds is 3. The average molecular weight is 257 g/mol. The molecule has 18 heavy (non-hydrogen) atoms. The lowest BCUT2D eigenvalue weighted by Gasteiger charge is -2.00. The second-order valence-electron chi connectivity index (χ2n) is 3.71. The van der Waals surface area contributed by atoms with E-state index in [-0.39, 0.29) is 11.7 Å². The Labute approximate surface area is 101 Å². The van der Waals surface area contributed by atoms with Gasteiger partial charge >= 0.3 is 6.18 Å². The van der Waals surface area contributed by atoms with Gasteiger partial charge in [0.05, 0.1) is 0 Å². The van der Waals surface area contributed by atoms with Crippen molar-refractivity contribution >= 4 is 0 Å². The molecule has 0 amide bonds. The fourth-order valence-electron chi connectivity index (χ4n) is 1.41. The van der Waals surface area contributed by atoms with E-state index >= 15 is 0 Å². The van der Waals surface area contributed by atoms with Crippen LogP contribution in [0.3, 0.4) is 0 Å². The van der Waals surface area contributed by atoms with Gasteiger partial charge in [0.15, 0.2) is 5.82 Å². The molecule has 0 bridgehead atoms. The van der Waals surface area contributed by atoms with Crippen molar-refractivity contribution in [3.05, 3.63) is 35.7 Å².